The number of amides is 2. The molecular weight excluding hydrogens is 465 g/mol. The minimum Gasteiger partial charge on any atom is -0.273 e. The van der Waals surface area contributed by atoms with E-state index in [1.165, 1.54) is 28.5 Å². The fourth-order valence-corrected chi connectivity index (χ4v) is 5.03. The van der Waals surface area contributed by atoms with Crippen molar-refractivity contribution in [2.75, 3.05) is 9.96 Å². The Morgan fingerprint density at radius 3 is 2.34 bits per heavy atom. The van der Waals surface area contributed by atoms with E-state index in [-0.39, 0.29) is 5.69 Å². The highest BCUT2D eigenvalue weighted by atomic mass is 35.5. The smallest absolute Gasteiger partial charge is 0.273 e. The van der Waals surface area contributed by atoms with Gasteiger partial charge in [-0.3, -0.25) is 14.4 Å². The molecule has 0 N–H and O–H groups in total. The summed E-state index contributed by atoms with van der Waals surface area (Å²) in [6.07, 6.45) is -5.75. The van der Waals surface area contributed by atoms with E-state index >= 15 is 0 Å². The molecule has 0 spiro atoms. The van der Waals surface area contributed by atoms with Crippen molar-refractivity contribution in [2.24, 2.45) is 5.92 Å². The van der Waals surface area contributed by atoms with Crippen LogP contribution in [-0.4, -0.2) is 17.9 Å². The van der Waals surface area contributed by atoms with Gasteiger partial charge in [0.2, 0.25) is 5.91 Å². The first-order valence-electron chi connectivity index (χ1n) is 9.56. The molecule has 0 saturated carbocycles. The third kappa shape index (κ3) is 3.37. The number of imide groups is 1. The second kappa shape index (κ2) is 7.61. The fourth-order valence-electron chi connectivity index (χ4n) is 4.05. The lowest BCUT2D eigenvalue weighted by Crippen LogP contribution is -2.37. The number of nitrogens with zero attached hydrogens (tertiary/aromatic N) is 2. The summed E-state index contributed by atoms with van der Waals surface area (Å²) in [4.78, 5) is 34.1. The predicted molar refractivity (Wildman–Crippen MR) is 113 cm³/mol. The molecule has 0 bridgehead atoms. The van der Waals surface area contributed by atoms with E-state index in [2.05, 4.69) is 0 Å². The van der Waals surface area contributed by atoms with E-state index in [4.69, 9.17) is 16.4 Å². The minimum atomic E-state index is -4.60. The molecule has 2 aromatic carbocycles. The first kappa shape index (κ1) is 21.0. The summed E-state index contributed by atoms with van der Waals surface area (Å²) in [5.41, 5.74) is -0.463. The first-order valence-corrected chi connectivity index (χ1v) is 10.8. The maximum absolute atomic E-state index is 13.4. The number of thiophene rings is 1. The topological polar surface area (TPSA) is 49.9 Å². The van der Waals surface area contributed by atoms with Crippen molar-refractivity contribution in [3.8, 4) is 0 Å². The number of halogens is 4. The van der Waals surface area contributed by atoms with Crippen LogP contribution in [0.15, 0.2) is 66.0 Å². The van der Waals surface area contributed by atoms with Crippen molar-refractivity contribution < 1.29 is 27.6 Å². The number of alkyl halides is 3. The second-order valence-electron chi connectivity index (χ2n) is 7.37. The quantitative estimate of drug-likeness (QED) is 0.468. The van der Waals surface area contributed by atoms with Gasteiger partial charge in [-0.15, -0.1) is 11.3 Å². The molecule has 0 unspecified atom stereocenters. The standard InChI is InChI=1S/C22H14ClF3N2O3S/c23-13-6-8-14(9-7-13)28-18(16-5-2-10-32-16)17-19(31-28)21(30)27(20(17)29)15-4-1-3-12(11-15)22(24,25)26/h1-11,17-19H/t17-,18+,19+/m1/s1. The molecule has 0 aliphatic carbocycles. The Balaban J connectivity index is 1.54. The van der Waals surface area contributed by atoms with Crippen molar-refractivity contribution in [2.45, 2.75) is 18.3 Å². The van der Waals surface area contributed by atoms with Gasteiger partial charge in [0.1, 0.15) is 12.0 Å². The summed E-state index contributed by atoms with van der Waals surface area (Å²) in [5.74, 6) is -2.21. The Morgan fingerprint density at radius 1 is 0.938 bits per heavy atom. The van der Waals surface area contributed by atoms with Crippen molar-refractivity contribution in [1.82, 2.24) is 0 Å². The van der Waals surface area contributed by atoms with Gasteiger partial charge in [-0.2, -0.15) is 13.2 Å². The third-order valence-corrected chi connectivity index (χ3v) is 6.66. The number of rotatable bonds is 3. The van der Waals surface area contributed by atoms with Crippen LogP contribution in [0.1, 0.15) is 16.5 Å². The van der Waals surface area contributed by atoms with Crippen molar-refractivity contribution in [3.63, 3.8) is 0 Å². The van der Waals surface area contributed by atoms with Gasteiger partial charge in [0.25, 0.3) is 5.91 Å². The number of hydroxylamine groups is 1. The molecule has 1 aromatic heterocycles. The van der Waals surface area contributed by atoms with Crippen LogP contribution in [0, 0.1) is 5.92 Å². The lowest BCUT2D eigenvalue weighted by Gasteiger charge is -2.28. The highest BCUT2D eigenvalue weighted by Gasteiger charge is 2.60. The molecule has 2 fully saturated rings. The SMILES string of the molecule is O=C1[C@H]2[C@H](ON(c3ccc(Cl)cc3)[C@H]2c2cccs2)C(=O)N1c1cccc(C(F)(F)F)c1. The Kier molecular flexibility index (Phi) is 4.99. The fraction of sp³-hybridized carbons (Fsp3) is 0.182. The molecule has 2 aliphatic heterocycles. The number of hydrogen-bond donors (Lipinski definition) is 0. The molecule has 5 nitrogen and oxygen atoms in total. The lowest BCUT2D eigenvalue weighted by molar-refractivity contribution is -0.137. The van der Waals surface area contributed by atoms with Crippen molar-refractivity contribution in [1.29, 1.82) is 0 Å². The van der Waals surface area contributed by atoms with Gasteiger partial charge in [0.05, 0.1) is 16.9 Å². The van der Waals surface area contributed by atoms with Gasteiger partial charge in [-0.25, -0.2) is 9.96 Å². The van der Waals surface area contributed by atoms with E-state index in [1.807, 2.05) is 17.5 Å². The molecule has 0 radical (unpaired) electrons. The van der Waals surface area contributed by atoms with Crippen LogP contribution in [0.25, 0.3) is 0 Å². The number of benzene rings is 2. The number of anilines is 2. The maximum atomic E-state index is 13.4. The molecule has 3 heterocycles. The summed E-state index contributed by atoms with van der Waals surface area (Å²) >= 11 is 7.37. The number of hydrogen-bond acceptors (Lipinski definition) is 5. The van der Waals surface area contributed by atoms with Gasteiger partial charge in [-0.1, -0.05) is 23.7 Å². The highest BCUT2D eigenvalue weighted by Crippen LogP contribution is 2.49. The van der Waals surface area contributed by atoms with Crippen LogP contribution in [0.5, 0.6) is 0 Å². The average Bonchev–Trinajstić information content (AvgIpc) is 3.46. The van der Waals surface area contributed by atoms with Gasteiger partial charge in [0.15, 0.2) is 6.10 Å². The molecule has 3 aromatic rings. The molecule has 2 amide bonds. The monoisotopic (exact) mass is 478 g/mol. The number of fused-ring (bicyclic) bond motifs is 1. The van der Waals surface area contributed by atoms with E-state index in [0.717, 1.165) is 21.9 Å². The second-order valence-corrected chi connectivity index (χ2v) is 8.79. The maximum Gasteiger partial charge on any atom is 0.416 e. The molecule has 3 atom stereocenters. The minimum absolute atomic E-state index is 0.129. The van der Waals surface area contributed by atoms with Crippen LogP contribution < -0.4 is 9.96 Å². The first-order chi connectivity index (χ1) is 15.3. The van der Waals surface area contributed by atoms with Gasteiger partial charge < -0.3 is 0 Å². The van der Waals surface area contributed by atoms with E-state index < -0.39 is 41.6 Å². The Labute approximate surface area is 189 Å². The van der Waals surface area contributed by atoms with Crippen LogP contribution in [0.2, 0.25) is 5.02 Å². The van der Waals surface area contributed by atoms with Crippen LogP contribution in [0.3, 0.4) is 0 Å². The number of carbonyl (C=O) groups excluding carboxylic acids is 2. The molecule has 32 heavy (non-hydrogen) atoms. The zero-order chi connectivity index (χ0) is 22.6. The Hall–Kier alpha value is -2.88. The van der Waals surface area contributed by atoms with E-state index in [1.54, 1.807) is 24.3 Å². The predicted octanol–water partition coefficient (Wildman–Crippen LogP) is 5.47. The molecule has 10 heteroatoms. The largest absolute Gasteiger partial charge is 0.416 e. The van der Waals surface area contributed by atoms with Crippen molar-refractivity contribution >= 4 is 46.1 Å². The molecule has 2 saturated heterocycles. The summed E-state index contributed by atoms with van der Waals surface area (Å²) in [6.45, 7) is 0. The molecule has 164 valence electrons. The zero-order valence-corrected chi connectivity index (χ0v) is 17.7. The summed E-state index contributed by atoms with van der Waals surface area (Å²) in [6, 6.07) is 14.0. The van der Waals surface area contributed by atoms with Crippen LogP contribution >= 0.6 is 22.9 Å². The Morgan fingerprint density at radius 2 is 1.69 bits per heavy atom. The lowest BCUT2D eigenvalue weighted by atomic mass is 9.95. The van der Waals surface area contributed by atoms with Crippen LogP contribution in [0.4, 0.5) is 24.5 Å². The molecule has 5 rings (SSSR count). The number of carbonyl (C=O) groups is 2. The normalized spacial score (nSPS) is 23.2. The average molecular weight is 479 g/mol. The van der Waals surface area contributed by atoms with Gasteiger partial charge in [0, 0.05) is 9.90 Å². The van der Waals surface area contributed by atoms with Crippen LogP contribution in [-0.2, 0) is 20.6 Å². The summed E-state index contributed by atoms with van der Waals surface area (Å²) in [5, 5.41) is 3.87. The highest BCUT2D eigenvalue weighted by molar-refractivity contribution is 7.10. The molecular formula is C22H14ClF3N2O3S. The van der Waals surface area contributed by atoms with E-state index in [0.29, 0.717) is 10.7 Å². The Bertz CT molecular complexity index is 1180. The molecule has 2 aliphatic rings. The summed E-state index contributed by atoms with van der Waals surface area (Å²) in [7, 11) is 0. The zero-order valence-electron chi connectivity index (χ0n) is 16.1. The van der Waals surface area contributed by atoms with Gasteiger partial charge in [-0.05, 0) is 53.9 Å². The van der Waals surface area contributed by atoms with E-state index in [9.17, 15) is 22.8 Å². The van der Waals surface area contributed by atoms with Crippen molar-refractivity contribution in [3.05, 3.63) is 81.5 Å². The third-order valence-electron chi connectivity index (χ3n) is 5.46. The summed E-state index contributed by atoms with van der Waals surface area (Å²) < 4.78 is 39.5. The van der Waals surface area contributed by atoms with Gasteiger partial charge >= 0.3 is 6.18 Å².